The SMILES string of the molecule is CCOC(=O)c1ccc(S(=O)(=O)NNC(=O)[C@@H]2COc3ccccc3O2)cc1. The van der Waals surface area contributed by atoms with Gasteiger partial charge in [-0.2, -0.15) is 0 Å². The predicted molar refractivity (Wildman–Crippen MR) is 97.2 cm³/mol. The fraction of sp³-hybridized carbons (Fsp3) is 0.222. The van der Waals surface area contributed by atoms with Crippen LogP contribution in [0.1, 0.15) is 17.3 Å². The molecular formula is C18H18N2O7S. The van der Waals surface area contributed by atoms with Crippen molar-refractivity contribution in [3.05, 3.63) is 54.1 Å². The summed E-state index contributed by atoms with van der Waals surface area (Å²) in [6.45, 7) is 1.83. The van der Waals surface area contributed by atoms with E-state index in [2.05, 4.69) is 5.43 Å². The lowest BCUT2D eigenvalue weighted by Gasteiger charge is -2.25. The highest BCUT2D eigenvalue weighted by Gasteiger charge is 2.28. The van der Waals surface area contributed by atoms with Gasteiger partial charge in [-0.25, -0.2) is 13.2 Å². The summed E-state index contributed by atoms with van der Waals surface area (Å²) in [7, 11) is -4.04. The van der Waals surface area contributed by atoms with Crippen LogP contribution in [-0.4, -0.2) is 39.6 Å². The Bertz CT molecular complexity index is 974. The molecule has 2 aromatic carbocycles. The van der Waals surface area contributed by atoms with Crippen LogP contribution in [0.15, 0.2) is 53.4 Å². The van der Waals surface area contributed by atoms with E-state index in [-0.39, 0.29) is 23.7 Å². The zero-order valence-electron chi connectivity index (χ0n) is 14.9. The van der Waals surface area contributed by atoms with Gasteiger partial charge in [0.05, 0.1) is 17.1 Å². The molecule has 0 aliphatic carbocycles. The zero-order chi connectivity index (χ0) is 20.1. The molecule has 0 saturated heterocycles. The molecule has 0 radical (unpaired) electrons. The number of rotatable bonds is 6. The van der Waals surface area contributed by atoms with Crippen LogP contribution in [0.25, 0.3) is 0 Å². The Hall–Kier alpha value is -3.11. The fourth-order valence-corrected chi connectivity index (χ4v) is 3.24. The summed E-state index contributed by atoms with van der Waals surface area (Å²) in [6.07, 6.45) is -1.01. The smallest absolute Gasteiger partial charge is 0.338 e. The van der Waals surface area contributed by atoms with Crippen molar-refractivity contribution in [3.63, 3.8) is 0 Å². The molecule has 9 nitrogen and oxygen atoms in total. The highest BCUT2D eigenvalue weighted by molar-refractivity contribution is 7.89. The number of esters is 1. The molecule has 0 aromatic heterocycles. The number of benzene rings is 2. The third-order valence-electron chi connectivity index (χ3n) is 3.79. The lowest BCUT2D eigenvalue weighted by atomic mass is 10.2. The maximum Gasteiger partial charge on any atom is 0.338 e. The molecule has 28 heavy (non-hydrogen) atoms. The third-order valence-corrected chi connectivity index (χ3v) is 5.05. The largest absolute Gasteiger partial charge is 0.485 e. The Morgan fingerprint density at radius 3 is 2.46 bits per heavy atom. The molecule has 148 valence electrons. The van der Waals surface area contributed by atoms with Gasteiger partial charge in [0.2, 0.25) is 6.10 Å². The Labute approximate surface area is 161 Å². The van der Waals surface area contributed by atoms with Gasteiger partial charge in [-0.15, -0.1) is 4.83 Å². The molecule has 1 aliphatic rings. The molecule has 0 saturated carbocycles. The predicted octanol–water partition coefficient (Wildman–Crippen LogP) is 1.01. The number of fused-ring (bicyclic) bond motifs is 1. The van der Waals surface area contributed by atoms with Gasteiger partial charge < -0.3 is 14.2 Å². The first-order valence-electron chi connectivity index (χ1n) is 8.38. The first-order chi connectivity index (χ1) is 13.4. The van der Waals surface area contributed by atoms with E-state index >= 15 is 0 Å². The van der Waals surface area contributed by atoms with Crippen molar-refractivity contribution < 1.29 is 32.2 Å². The second kappa shape index (κ2) is 8.28. The number of sulfonamides is 1. The van der Waals surface area contributed by atoms with Crippen LogP contribution in [0.2, 0.25) is 0 Å². The Morgan fingerprint density at radius 2 is 1.79 bits per heavy atom. The van der Waals surface area contributed by atoms with Crippen LogP contribution < -0.4 is 19.7 Å². The van der Waals surface area contributed by atoms with Crippen LogP contribution in [0, 0.1) is 0 Å². The summed E-state index contributed by atoms with van der Waals surface area (Å²) in [5.41, 5.74) is 2.32. The minimum Gasteiger partial charge on any atom is -0.485 e. The number of nitrogens with one attached hydrogen (secondary N) is 2. The van der Waals surface area contributed by atoms with Crippen molar-refractivity contribution in [2.75, 3.05) is 13.2 Å². The van der Waals surface area contributed by atoms with Crippen LogP contribution in [-0.2, 0) is 19.6 Å². The summed E-state index contributed by atoms with van der Waals surface area (Å²) in [6, 6.07) is 12.0. The molecule has 0 bridgehead atoms. The second-order valence-corrected chi connectivity index (χ2v) is 7.39. The maximum atomic E-state index is 12.3. The molecule has 0 fully saturated rings. The van der Waals surface area contributed by atoms with Crippen molar-refractivity contribution in [1.82, 2.24) is 10.3 Å². The number of carbonyl (C=O) groups is 2. The van der Waals surface area contributed by atoms with E-state index in [1.807, 2.05) is 4.83 Å². The highest BCUT2D eigenvalue weighted by Crippen LogP contribution is 2.30. The van der Waals surface area contributed by atoms with Gasteiger partial charge in [0.25, 0.3) is 15.9 Å². The lowest BCUT2D eigenvalue weighted by molar-refractivity contribution is -0.130. The number of hydrazine groups is 1. The van der Waals surface area contributed by atoms with Crippen molar-refractivity contribution in [1.29, 1.82) is 0 Å². The van der Waals surface area contributed by atoms with Crippen LogP contribution in [0.4, 0.5) is 0 Å². The van der Waals surface area contributed by atoms with Gasteiger partial charge in [-0.1, -0.05) is 12.1 Å². The van der Waals surface area contributed by atoms with E-state index in [0.29, 0.717) is 11.5 Å². The van der Waals surface area contributed by atoms with Crippen molar-refractivity contribution in [2.24, 2.45) is 0 Å². The molecular weight excluding hydrogens is 388 g/mol. The number of amides is 1. The quantitative estimate of drug-likeness (QED) is 0.543. The van der Waals surface area contributed by atoms with Gasteiger partial charge in [-0.05, 0) is 43.3 Å². The van der Waals surface area contributed by atoms with E-state index in [4.69, 9.17) is 14.2 Å². The molecule has 2 N–H and O–H groups in total. The first-order valence-corrected chi connectivity index (χ1v) is 9.86. The van der Waals surface area contributed by atoms with Gasteiger partial charge in [-0.3, -0.25) is 10.2 Å². The van der Waals surface area contributed by atoms with E-state index in [1.165, 1.54) is 24.3 Å². The summed E-state index contributed by atoms with van der Waals surface area (Å²) in [5, 5.41) is 0. The Morgan fingerprint density at radius 1 is 1.11 bits per heavy atom. The van der Waals surface area contributed by atoms with Crippen LogP contribution in [0.3, 0.4) is 0 Å². The fourth-order valence-electron chi connectivity index (χ4n) is 2.39. The molecule has 0 unspecified atom stereocenters. The molecule has 1 aliphatic heterocycles. The lowest BCUT2D eigenvalue weighted by Crippen LogP contribution is -2.50. The van der Waals surface area contributed by atoms with Crippen molar-refractivity contribution in [2.45, 2.75) is 17.9 Å². The highest BCUT2D eigenvalue weighted by atomic mass is 32.2. The summed E-state index contributed by atoms with van der Waals surface area (Å²) in [4.78, 5) is 25.7. The van der Waals surface area contributed by atoms with Gasteiger partial charge in [0.15, 0.2) is 11.5 Å². The molecule has 2 aromatic rings. The molecule has 0 spiro atoms. The van der Waals surface area contributed by atoms with E-state index in [0.717, 1.165) is 0 Å². The molecule has 1 amide bonds. The number of ether oxygens (including phenoxy) is 3. The molecule has 1 heterocycles. The first kappa shape index (κ1) is 19.6. The maximum absolute atomic E-state index is 12.3. The van der Waals surface area contributed by atoms with Crippen molar-refractivity contribution >= 4 is 21.9 Å². The number of carbonyl (C=O) groups excluding carboxylic acids is 2. The average molecular weight is 406 g/mol. The molecule has 10 heteroatoms. The van der Waals surface area contributed by atoms with Gasteiger partial charge in [0.1, 0.15) is 6.61 Å². The van der Waals surface area contributed by atoms with Crippen LogP contribution >= 0.6 is 0 Å². The minimum absolute atomic E-state index is 0.0567. The van der Waals surface area contributed by atoms with E-state index in [9.17, 15) is 18.0 Å². The van der Waals surface area contributed by atoms with Crippen molar-refractivity contribution in [3.8, 4) is 11.5 Å². The summed E-state index contributed by atoms with van der Waals surface area (Å²) < 4.78 is 40.4. The number of para-hydroxylation sites is 2. The van der Waals surface area contributed by atoms with Crippen LogP contribution in [0.5, 0.6) is 11.5 Å². The van der Waals surface area contributed by atoms with E-state index < -0.39 is 28.0 Å². The average Bonchev–Trinajstić information content (AvgIpc) is 2.72. The van der Waals surface area contributed by atoms with Gasteiger partial charge >= 0.3 is 5.97 Å². The Balaban J connectivity index is 1.60. The van der Waals surface area contributed by atoms with Gasteiger partial charge in [0, 0.05) is 0 Å². The third kappa shape index (κ3) is 4.41. The Kier molecular flexibility index (Phi) is 5.81. The monoisotopic (exact) mass is 406 g/mol. The molecule has 1 atom stereocenters. The zero-order valence-corrected chi connectivity index (χ0v) is 15.7. The number of hydrogen-bond acceptors (Lipinski definition) is 7. The minimum atomic E-state index is -4.04. The second-order valence-electron chi connectivity index (χ2n) is 5.70. The molecule has 3 rings (SSSR count). The topological polar surface area (TPSA) is 120 Å². The standard InChI is InChI=1S/C18H18N2O7S/c1-2-25-18(22)12-7-9-13(10-8-12)28(23,24)20-19-17(21)16-11-26-14-5-3-4-6-15(14)27-16/h3-10,16,20H,2,11H2,1H3,(H,19,21)/t16-/m0/s1. The number of hydrogen-bond donors (Lipinski definition) is 2. The van der Waals surface area contributed by atoms with E-state index in [1.54, 1.807) is 31.2 Å². The summed E-state index contributed by atoms with van der Waals surface area (Å²) >= 11 is 0. The summed E-state index contributed by atoms with van der Waals surface area (Å²) in [5.74, 6) is -0.358. The normalized spacial score (nSPS) is 15.5.